The molecule has 1 aliphatic rings. The Morgan fingerprint density at radius 1 is 1.58 bits per heavy atom. The third-order valence-corrected chi connectivity index (χ3v) is 3.82. The van der Waals surface area contributed by atoms with E-state index in [1.807, 2.05) is 26.2 Å². The third kappa shape index (κ3) is 3.32. The van der Waals surface area contributed by atoms with Crippen molar-refractivity contribution < 1.29 is 4.79 Å². The molecule has 104 valence electrons. The van der Waals surface area contributed by atoms with E-state index in [9.17, 15) is 4.79 Å². The van der Waals surface area contributed by atoms with Crippen LogP contribution in [0, 0.1) is 5.92 Å². The van der Waals surface area contributed by atoms with E-state index in [1.165, 1.54) is 0 Å². The predicted molar refractivity (Wildman–Crippen MR) is 78.0 cm³/mol. The Hall–Kier alpha value is -0.980. The summed E-state index contributed by atoms with van der Waals surface area (Å²) < 4.78 is 2.52. The van der Waals surface area contributed by atoms with E-state index in [4.69, 9.17) is 5.73 Å². The van der Waals surface area contributed by atoms with Crippen molar-refractivity contribution in [3.63, 3.8) is 0 Å². The van der Waals surface area contributed by atoms with Gasteiger partial charge in [-0.1, -0.05) is 12.2 Å². The van der Waals surface area contributed by atoms with Gasteiger partial charge >= 0.3 is 0 Å². The normalized spacial score (nSPS) is 22.4. The first kappa shape index (κ1) is 14.4. The molecule has 2 N–H and O–H groups in total. The largest absolute Gasteiger partial charge is 0.324 e. The number of aromatic nitrogens is 2. The maximum Gasteiger partial charge on any atom is 0.188 e. The van der Waals surface area contributed by atoms with E-state index >= 15 is 0 Å². The topological polar surface area (TPSA) is 64.2 Å². The molecule has 0 saturated carbocycles. The van der Waals surface area contributed by atoms with Gasteiger partial charge in [0.2, 0.25) is 0 Å². The van der Waals surface area contributed by atoms with Gasteiger partial charge < -0.3 is 10.6 Å². The van der Waals surface area contributed by atoms with Crippen LogP contribution in [0.3, 0.4) is 0 Å². The molecule has 2 rings (SSSR count). The zero-order chi connectivity index (χ0) is 14.0. The molecule has 0 amide bonds. The predicted octanol–water partition coefficient (Wildman–Crippen LogP) is 1.29. The van der Waals surface area contributed by atoms with Gasteiger partial charge in [-0.3, -0.25) is 9.48 Å². The molecule has 0 aliphatic heterocycles. The number of likely N-dealkylation sites (N-methyl/N-ethyl adjacent to an activating group) is 1. The second-order valence-corrected chi connectivity index (χ2v) is 5.98. The van der Waals surface area contributed by atoms with Crippen molar-refractivity contribution in [1.82, 2.24) is 14.7 Å². The summed E-state index contributed by atoms with van der Waals surface area (Å²) in [5, 5.41) is 4.27. The first-order valence-electron chi connectivity index (χ1n) is 6.33. The molecule has 0 fully saturated rings. The molecule has 0 radical (unpaired) electrons. The highest BCUT2D eigenvalue weighted by Crippen LogP contribution is 2.25. The lowest BCUT2D eigenvalue weighted by molar-refractivity contribution is 0.0930. The van der Waals surface area contributed by atoms with Crippen molar-refractivity contribution in [3.05, 3.63) is 28.5 Å². The van der Waals surface area contributed by atoms with Crippen molar-refractivity contribution in [2.45, 2.75) is 19.0 Å². The number of nitrogens with zero attached hydrogens (tertiary/aromatic N) is 3. The maximum atomic E-state index is 12.5. The van der Waals surface area contributed by atoms with E-state index in [1.54, 1.807) is 10.9 Å². The number of carbonyl (C=O) groups is 1. The monoisotopic (exact) mass is 326 g/mol. The molecule has 19 heavy (non-hydrogen) atoms. The highest BCUT2D eigenvalue weighted by Gasteiger charge is 2.28. The smallest absolute Gasteiger partial charge is 0.188 e. The Kier molecular flexibility index (Phi) is 4.54. The quantitative estimate of drug-likeness (QED) is 0.654. The maximum absolute atomic E-state index is 12.5. The van der Waals surface area contributed by atoms with E-state index in [2.05, 4.69) is 25.9 Å². The minimum absolute atomic E-state index is 0.00845. The fraction of sp³-hybridized carbons (Fsp3) is 0.538. The number of halogens is 1. The van der Waals surface area contributed by atoms with Crippen molar-refractivity contribution in [1.29, 1.82) is 0 Å². The van der Waals surface area contributed by atoms with Crippen LogP contribution in [0.1, 0.15) is 16.9 Å². The Morgan fingerprint density at radius 2 is 2.32 bits per heavy atom. The lowest BCUT2D eigenvalue weighted by atomic mass is 10.0. The van der Waals surface area contributed by atoms with E-state index in [-0.39, 0.29) is 17.7 Å². The standard InChI is InChI=1S/C13H19BrN4O/c1-17(2)5-6-18-12(11(14)8-16-18)13(19)9-3-4-10(15)7-9/h3-4,8-10H,5-7,15H2,1-2H3. The number of carbonyl (C=O) groups excluding carboxylic acids is 1. The van der Waals surface area contributed by atoms with Crippen LogP contribution >= 0.6 is 15.9 Å². The number of hydrogen-bond acceptors (Lipinski definition) is 4. The number of nitrogens with two attached hydrogens (primary N) is 1. The molecule has 0 spiro atoms. The van der Waals surface area contributed by atoms with E-state index in [0.717, 1.165) is 11.0 Å². The lowest BCUT2D eigenvalue weighted by Gasteiger charge is -2.13. The van der Waals surface area contributed by atoms with Crippen LogP contribution < -0.4 is 5.73 Å². The van der Waals surface area contributed by atoms with Crippen molar-refractivity contribution in [2.24, 2.45) is 11.7 Å². The number of hydrogen-bond donors (Lipinski definition) is 1. The summed E-state index contributed by atoms with van der Waals surface area (Å²) in [5.41, 5.74) is 6.46. The summed E-state index contributed by atoms with van der Waals surface area (Å²) in [6.07, 6.45) is 6.17. The minimum atomic E-state index is -0.124. The van der Waals surface area contributed by atoms with Gasteiger partial charge in [-0.05, 0) is 36.4 Å². The highest BCUT2D eigenvalue weighted by molar-refractivity contribution is 9.10. The van der Waals surface area contributed by atoms with Crippen molar-refractivity contribution in [2.75, 3.05) is 20.6 Å². The van der Waals surface area contributed by atoms with Gasteiger partial charge in [0.25, 0.3) is 0 Å². The molecule has 6 heteroatoms. The highest BCUT2D eigenvalue weighted by atomic mass is 79.9. The molecule has 0 aromatic carbocycles. The lowest BCUT2D eigenvalue weighted by Crippen LogP contribution is -2.24. The molecule has 0 saturated heterocycles. The van der Waals surface area contributed by atoms with Crippen LogP contribution in [0.4, 0.5) is 0 Å². The van der Waals surface area contributed by atoms with Gasteiger partial charge in [-0.2, -0.15) is 5.10 Å². The molecule has 0 bridgehead atoms. The summed E-state index contributed by atoms with van der Waals surface area (Å²) in [4.78, 5) is 14.6. The van der Waals surface area contributed by atoms with E-state index < -0.39 is 0 Å². The Bertz CT molecular complexity index is 495. The van der Waals surface area contributed by atoms with Crippen molar-refractivity contribution in [3.8, 4) is 0 Å². The molecular weight excluding hydrogens is 308 g/mol. The molecule has 2 atom stereocenters. The molecule has 2 unspecified atom stereocenters. The first-order chi connectivity index (χ1) is 8.99. The van der Waals surface area contributed by atoms with Crippen molar-refractivity contribution >= 4 is 21.7 Å². The van der Waals surface area contributed by atoms with E-state index in [0.29, 0.717) is 18.7 Å². The molecule has 1 aromatic rings. The summed E-state index contributed by atoms with van der Waals surface area (Å²) >= 11 is 3.41. The minimum Gasteiger partial charge on any atom is -0.324 e. The van der Waals surface area contributed by atoms with Gasteiger partial charge in [0.15, 0.2) is 5.78 Å². The van der Waals surface area contributed by atoms with Gasteiger partial charge in [0.05, 0.1) is 17.2 Å². The van der Waals surface area contributed by atoms with Gasteiger partial charge in [0, 0.05) is 18.5 Å². The third-order valence-electron chi connectivity index (χ3n) is 3.24. The molecule has 1 aromatic heterocycles. The summed E-state index contributed by atoms with van der Waals surface area (Å²) in [6, 6.07) is -0.00845. The SMILES string of the molecule is CN(C)CCn1ncc(Br)c1C(=O)C1C=CC(N)C1. The molecular formula is C13H19BrN4O. The number of ketones is 1. The first-order valence-corrected chi connectivity index (χ1v) is 7.12. The van der Waals surface area contributed by atoms with Crippen LogP contribution in [0.5, 0.6) is 0 Å². The molecule has 5 nitrogen and oxygen atoms in total. The number of rotatable bonds is 5. The zero-order valence-electron chi connectivity index (χ0n) is 11.2. The summed E-state index contributed by atoms with van der Waals surface area (Å²) in [7, 11) is 4.00. The second kappa shape index (κ2) is 5.98. The summed E-state index contributed by atoms with van der Waals surface area (Å²) in [5.74, 6) is -0.0339. The second-order valence-electron chi connectivity index (χ2n) is 5.12. The van der Waals surface area contributed by atoms with Gasteiger partial charge in [-0.15, -0.1) is 0 Å². The fourth-order valence-corrected chi connectivity index (χ4v) is 2.66. The average molecular weight is 327 g/mol. The van der Waals surface area contributed by atoms with Crippen LogP contribution in [0.25, 0.3) is 0 Å². The summed E-state index contributed by atoms with van der Waals surface area (Å²) in [6.45, 7) is 1.54. The van der Waals surface area contributed by atoms with Gasteiger partial charge in [-0.25, -0.2) is 0 Å². The number of Topliss-reactive ketones (excluding diaryl/α,β-unsaturated/α-hetero) is 1. The van der Waals surface area contributed by atoms with Crippen LogP contribution in [0.2, 0.25) is 0 Å². The zero-order valence-corrected chi connectivity index (χ0v) is 12.8. The Morgan fingerprint density at radius 3 is 2.89 bits per heavy atom. The molecule has 1 aliphatic carbocycles. The average Bonchev–Trinajstić information content (AvgIpc) is 2.92. The fourth-order valence-electron chi connectivity index (χ4n) is 2.17. The Balaban J connectivity index is 2.16. The molecule has 1 heterocycles. The van der Waals surface area contributed by atoms with Gasteiger partial charge in [0.1, 0.15) is 5.69 Å². The van der Waals surface area contributed by atoms with Crippen LogP contribution in [-0.4, -0.2) is 47.1 Å². The number of allylic oxidation sites excluding steroid dienone is 1. The van der Waals surface area contributed by atoms with Crippen LogP contribution in [-0.2, 0) is 6.54 Å². The van der Waals surface area contributed by atoms with Crippen LogP contribution in [0.15, 0.2) is 22.8 Å². The Labute approximate surface area is 121 Å².